The van der Waals surface area contributed by atoms with Crippen molar-refractivity contribution in [2.75, 3.05) is 0 Å². The summed E-state index contributed by atoms with van der Waals surface area (Å²) in [6.45, 7) is 0. The molecule has 0 radical (unpaired) electrons. The van der Waals surface area contributed by atoms with Crippen molar-refractivity contribution in [3.63, 3.8) is 0 Å². The highest BCUT2D eigenvalue weighted by Gasteiger charge is 2.10. The van der Waals surface area contributed by atoms with Gasteiger partial charge in [-0.15, -0.1) is 0 Å². The normalized spacial score (nSPS) is 12.3. The molecule has 0 saturated carbocycles. The lowest BCUT2D eigenvalue weighted by molar-refractivity contribution is 0.256. The minimum absolute atomic E-state index is 0.462. The van der Waals surface area contributed by atoms with Crippen LogP contribution in [0.25, 0.3) is 0 Å². The number of amides is 2. The third-order valence-corrected chi connectivity index (χ3v) is 3.04. The first-order chi connectivity index (χ1) is 9.28. The second-order valence-electron chi connectivity index (χ2n) is 4.24. The van der Waals surface area contributed by atoms with Crippen LogP contribution in [-0.2, 0) is 6.42 Å². The van der Waals surface area contributed by atoms with Crippen molar-refractivity contribution in [3.05, 3.63) is 69.9 Å². The molecule has 90 valence electrons. The molecule has 0 N–H and O–H groups in total. The third-order valence-electron chi connectivity index (χ3n) is 3.04. The Morgan fingerprint density at radius 2 is 1.79 bits per heavy atom. The number of benzene rings is 2. The first-order valence-electron chi connectivity index (χ1n) is 5.85. The van der Waals surface area contributed by atoms with Crippen LogP contribution in [0.4, 0.5) is 4.79 Å². The van der Waals surface area contributed by atoms with Gasteiger partial charge in [-0.3, -0.25) is 0 Å². The van der Waals surface area contributed by atoms with E-state index in [4.69, 9.17) is 5.26 Å². The first-order valence-corrected chi connectivity index (χ1v) is 5.85. The van der Waals surface area contributed by atoms with Crippen LogP contribution in [0.5, 0.6) is 0 Å². The van der Waals surface area contributed by atoms with Gasteiger partial charge in [-0.25, -0.2) is 4.79 Å². The Morgan fingerprint density at radius 1 is 1.00 bits per heavy atom. The maximum atomic E-state index is 11.2. The summed E-state index contributed by atoms with van der Waals surface area (Å²) in [5, 5.41) is 10.3. The van der Waals surface area contributed by atoms with Crippen LogP contribution in [-0.4, -0.2) is 6.03 Å². The van der Waals surface area contributed by atoms with Gasteiger partial charge in [0, 0.05) is 6.42 Å². The molecule has 2 aromatic rings. The number of carbonyl (C=O) groups excluding carboxylic acids is 1. The Hall–Kier alpha value is -2.80. The summed E-state index contributed by atoms with van der Waals surface area (Å²) in [5.74, 6) is 0. The summed E-state index contributed by atoms with van der Waals surface area (Å²) in [5.41, 5.74) is 2.48. The highest BCUT2D eigenvalue weighted by atomic mass is 16.2. The van der Waals surface area contributed by atoms with Crippen LogP contribution in [0.2, 0.25) is 0 Å². The zero-order valence-corrected chi connectivity index (χ0v) is 10.00. The highest BCUT2D eigenvalue weighted by Crippen LogP contribution is 2.11. The van der Waals surface area contributed by atoms with Gasteiger partial charge in [-0.2, -0.15) is 15.2 Å². The van der Waals surface area contributed by atoms with Gasteiger partial charge in [0.1, 0.15) is 0 Å². The molecule has 0 aliphatic carbocycles. The maximum absolute atomic E-state index is 11.2. The monoisotopic (exact) mass is 247 g/mol. The zero-order chi connectivity index (χ0) is 13.2. The summed E-state index contributed by atoms with van der Waals surface area (Å²) >= 11 is 0. The molecule has 1 heterocycles. The lowest BCUT2D eigenvalue weighted by Gasteiger charge is -2.03. The zero-order valence-electron chi connectivity index (χ0n) is 10.00. The van der Waals surface area contributed by atoms with E-state index >= 15 is 0 Å². The van der Waals surface area contributed by atoms with Gasteiger partial charge in [0.25, 0.3) is 0 Å². The Kier molecular flexibility index (Phi) is 2.66. The van der Waals surface area contributed by atoms with Crippen LogP contribution in [0.3, 0.4) is 0 Å². The summed E-state index contributed by atoms with van der Waals surface area (Å²) in [6.07, 6.45) is 0.569. The predicted molar refractivity (Wildman–Crippen MR) is 68.1 cm³/mol. The van der Waals surface area contributed by atoms with Crippen molar-refractivity contribution in [2.45, 2.75) is 6.42 Å². The third kappa shape index (κ3) is 2.02. The number of nitriles is 1. The topological polar surface area (TPSA) is 65.6 Å². The van der Waals surface area contributed by atoms with Gasteiger partial charge >= 0.3 is 6.03 Å². The predicted octanol–water partition coefficient (Wildman–Crippen LogP) is 1.52. The van der Waals surface area contributed by atoms with E-state index in [1.807, 2.05) is 30.3 Å². The van der Waals surface area contributed by atoms with E-state index in [-0.39, 0.29) is 0 Å². The van der Waals surface area contributed by atoms with Crippen LogP contribution in [0.15, 0.2) is 52.4 Å². The van der Waals surface area contributed by atoms with Crippen LogP contribution in [0.1, 0.15) is 16.7 Å². The van der Waals surface area contributed by atoms with Crippen LogP contribution < -0.4 is 10.7 Å². The molecule has 0 bridgehead atoms. The average Bonchev–Trinajstić information content (AvgIpc) is 2.81. The minimum atomic E-state index is -0.462. The molecule has 4 nitrogen and oxygen atoms in total. The second-order valence-corrected chi connectivity index (χ2v) is 4.24. The molecule has 0 aromatic heterocycles. The molecule has 2 amide bonds. The molecule has 2 aromatic carbocycles. The van der Waals surface area contributed by atoms with E-state index in [2.05, 4.69) is 16.1 Å². The largest absolute Gasteiger partial charge is 0.368 e. The molecular formula is C15H9N3O. The quantitative estimate of drug-likeness (QED) is 0.807. The summed E-state index contributed by atoms with van der Waals surface area (Å²) in [4.78, 5) is 19.0. The summed E-state index contributed by atoms with van der Waals surface area (Å²) < 4.78 is 0. The number of urea groups is 1. The summed E-state index contributed by atoms with van der Waals surface area (Å²) in [7, 11) is 0. The Balaban J connectivity index is 2.11. The number of hydrogen-bond donors (Lipinski definition) is 0. The minimum Gasteiger partial charge on any atom is -0.244 e. The molecule has 0 fully saturated rings. The summed E-state index contributed by atoms with van der Waals surface area (Å²) in [6, 6.07) is 14.7. The molecule has 0 atom stereocenters. The molecule has 4 heteroatoms. The lowest BCUT2D eigenvalue weighted by Crippen LogP contribution is -2.25. The van der Waals surface area contributed by atoms with Gasteiger partial charge in [0.2, 0.25) is 0 Å². The number of carbonyl (C=O) groups is 1. The fourth-order valence-electron chi connectivity index (χ4n) is 2.15. The molecule has 0 unspecified atom stereocenters. The van der Waals surface area contributed by atoms with Crippen LogP contribution in [0, 0.1) is 11.3 Å². The smallest absolute Gasteiger partial charge is 0.244 e. The maximum Gasteiger partial charge on any atom is 0.368 e. The van der Waals surface area contributed by atoms with E-state index < -0.39 is 6.03 Å². The van der Waals surface area contributed by atoms with Crippen molar-refractivity contribution in [2.24, 2.45) is 9.98 Å². The van der Waals surface area contributed by atoms with Gasteiger partial charge < -0.3 is 0 Å². The van der Waals surface area contributed by atoms with Gasteiger partial charge in [-0.1, -0.05) is 30.3 Å². The van der Waals surface area contributed by atoms with E-state index in [1.54, 1.807) is 12.1 Å². The number of nitrogens with zero attached hydrogens (tertiary/aromatic N) is 3. The number of fused-ring (bicyclic) bond motifs is 1. The molecule has 0 spiro atoms. The van der Waals surface area contributed by atoms with Crippen molar-refractivity contribution in [3.8, 4) is 6.07 Å². The van der Waals surface area contributed by atoms with E-state index in [9.17, 15) is 4.79 Å². The fraction of sp³-hybridized carbons (Fsp3) is 0.0667. The van der Waals surface area contributed by atoms with Crippen LogP contribution >= 0.6 is 0 Å². The number of para-hydroxylation sites is 1. The molecule has 1 aliphatic rings. The standard InChI is InChI=1S/C15H9N3O/c16-9-12-5-2-1-4-10(12)8-11-6-3-7-13-14(11)18-15(19)17-13/h1-7H,8H2. The second kappa shape index (κ2) is 4.46. The van der Waals surface area contributed by atoms with Gasteiger partial charge in [0.05, 0.1) is 22.3 Å². The molecule has 0 saturated heterocycles. The van der Waals surface area contributed by atoms with E-state index in [0.29, 0.717) is 22.7 Å². The van der Waals surface area contributed by atoms with Gasteiger partial charge in [-0.05, 0) is 23.3 Å². The first kappa shape index (κ1) is 11.3. The van der Waals surface area contributed by atoms with Gasteiger partial charge in [0.15, 0.2) is 0 Å². The number of hydrogen-bond acceptors (Lipinski definition) is 2. The molecule has 3 rings (SSSR count). The van der Waals surface area contributed by atoms with E-state index in [0.717, 1.165) is 11.1 Å². The molecule has 19 heavy (non-hydrogen) atoms. The van der Waals surface area contributed by atoms with E-state index in [1.165, 1.54) is 0 Å². The highest BCUT2D eigenvalue weighted by molar-refractivity contribution is 5.77. The average molecular weight is 247 g/mol. The number of rotatable bonds is 2. The van der Waals surface area contributed by atoms with Crippen molar-refractivity contribution in [1.29, 1.82) is 5.26 Å². The van der Waals surface area contributed by atoms with Crippen molar-refractivity contribution >= 4 is 6.03 Å². The molecular weight excluding hydrogens is 238 g/mol. The molecule has 1 aliphatic heterocycles. The Labute approximate surface area is 109 Å². The lowest BCUT2D eigenvalue weighted by atomic mass is 10.00. The Morgan fingerprint density at radius 3 is 2.63 bits per heavy atom. The Bertz CT molecular complexity index is 831. The van der Waals surface area contributed by atoms with Crippen molar-refractivity contribution in [1.82, 2.24) is 0 Å². The SMILES string of the molecule is N#Cc1ccccc1Cc1cccc2c1=NC(=O)N=2. The fourth-order valence-corrected chi connectivity index (χ4v) is 2.15. The van der Waals surface area contributed by atoms with Crippen molar-refractivity contribution < 1.29 is 4.79 Å².